The van der Waals surface area contributed by atoms with Crippen molar-refractivity contribution in [3.05, 3.63) is 22.4 Å². The summed E-state index contributed by atoms with van der Waals surface area (Å²) in [6, 6.07) is 3.64. The van der Waals surface area contributed by atoms with E-state index in [0.717, 1.165) is 32.7 Å². The van der Waals surface area contributed by atoms with Gasteiger partial charge in [-0.15, -0.1) is 11.3 Å². The highest BCUT2D eigenvalue weighted by atomic mass is 32.1. The van der Waals surface area contributed by atoms with Crippen LogP contribution in [0.2, 0.25) is 0 Å². The van der Waals surface area contributed by atoms with E-state index in [1.54, 1.807) is 6.07 Å². The molecule has 1 N–H and O–H groups in total. The van der Waals surface area contributed by atoms with Crippen molar-refractivity contribution >= 4 is 23.2 Å². The first-order valence-electron chi connectivity index (χ1n) is 7.88. The summed E-state index contributed by atoms with van der Waals surface area (Å²) in [6.45, 7) is 9.42. The standard InChI is InChI=1S/C16H25N3O2S/c1-13(2)12-18-7-9-19(10-8-18)15(20)5-6-17-16(21)14-4-3-11-22-14/h3-4,11,13H,5-10,12H2,1-2H3,(H,17,21). The molecule has 1 fully saturated rings. The number of carbonyl (C=O) groups is 2. The van der Waals surface area contributed by atoms with Crippen molar-refractivity contribution in [3.8, 4) is 0 Å². The smallest absolute Gasteiger partial charge is 0.261 e. The molecule has 0 aromatic carbocycles. The highest BCUT2D eigenvalue weighted by Gasteiger charge is 2.21. The fraction of sp³-hybridized carbons (Fsp3) is 0.625. The Kier molecular flexibility index (Phi) is 6.39. The van der Waals surface area contributed by atoms with Gasteiger partial charge in [-0.25, -0.2) is 0 Å². The maximum Gasteiger partial charge on any atom is 0.261 e. The molecule has 2 heterocycles. The van der Waals surface area contributed by atoms with Gasteiger partial charge < -0.3 is 10.2 Å². The third-order valence-electron chi connectivity index (χ3n) is 3.72. The van der Waals surface area contributed by atoms with Gasteiger partial charge in [-0.1, -0.05) is 19.9 Å². The Morgan fingerprint density at radius 1 is 1.27 bits per heavy atom. The summed E-state index contributed by atoms with van der Waals surface area (Å²) in [6.07, 6.45) is 0.376. The number of rotatable bonds is 6. The number of hydrogen-bond acceptors (Lipinski definition) is 4. The number of amides is 2. The molecule has 0 bridgehead atoms. The van der Waals surface area contributed by atoms with Crippen LogP contribution in [0.3, 0.4) is 0 Å². The number of thiophene rings is 1. The third-order valence-corrected chi connectivity index (χ3v) is 4.59. The van der Waals surface area contributed by atoms with Crippen molar-refractivity contribution < 1.29 is 9.59 Å². The van der Waals surface area contributed by atoms with Gasteiger partial charge in [-0.2, -0.15) is 0 Å². The molecule has 122 valence electrons. The van der Waals surface area contributed by atoms with Gasteiger partial charge in [0.1, 0.15) is 0 Å². The third kappa shape index (κ3) is 5.10. The van der Waals surface area contributed by atoms with E-state index in [4.69, 9.17) is 0 Å². The Labute approximate surface area is 136 Å². The van der Waals surface area contributed by atoms with Gasteiger partial charge in [0, 0.05) is 45.7 Å². The molecule has 1 aromatic rings. The zero-order valence-corrected chi connectivity index (χ0v) is 14.2. The van der Waals surface area contributed by atoms with Gasteiger partial charge in [0.2, 0.25) is 5.91 Å². The zero-order valence-electron chi connectivity index (χ0n) is 13.4. The number of carbonyl (C=O) groups excluding carboxylic acids is 2. The zero-order chi connectivity index (χ0) is 15.9. The lowest BCUT2D eigenvalue weighted by Gasteiger charge is -2.35. The molecule has 2 rings (SSSR count). The molecule has 0 aliphatic carbocycles. The van der Waals surface area contributed by atoms with Crippen molar-refractivity contribution in [1.82, 2.24) is 15.1 Å². The summed E-state index contributed by atoms with van der Waals surface area (Å²) in [5.41, 5.74) is 0. The van der Waals surface area contributed by atoms with Crippen molar-refractivity contribution in [2.75, 3.05) is 39.3 Å². The van der Waals surface area contributed by atoms with Crippen molar-refractivity contribution in [2.45, 2.75) is 20.3 Å². The molecule has 1 saturated heterocycles. The van der Waals surface area contributed by atoms with Crippen LogP contribution in [0.4, 0.5) is 0 Å². The largest absolute Gasteiger partial charge is 0.351 e. The molecule has 0 spiro atoms. The average molecular weight is 323 g/mol. The predicted octanol–water partition coefficient (Wildman–Crippen LogP) is 1.67. The second kappa shape index (κ2) is 8.29. The normalized spacial score (nSPS) is 16.0. The number of hydrogen-bond donors (Lipinski definition) is 1. The molecule has 1 aliphatic heterocycles. The first-order valence-corrected chi connectivity index (χ1v) is 8.76. The lowest BCUT2D eigenvalue weighted by Crippen LogP contribution is -2.49. The first kappa shape index (κ1) is 17.0. The van der Waals surface area contributed by atoms with E-state index in [0.29, 0.717) is 23.8 Å². The van der Waals surface area contributed by atoms with Crippen LogP contribution in [0.1, 0.15) is 29.9 Å². The number of nitrogens with zero attached hydrogens (tertiary/aromatic N) is 2. The molecule has 22 heavy (non-hydrogen) atoms. The van der Waals surface area contributed by atoms with Crippen LogP contribution in [0.25, 0.3) is 0 Å². The van der Waals surface area contributed by atoms with Gasteiger partial charge in [-0.3, -0.25) is 14.5 Å². The summed E-state index contributed by atoms with van der Waals surface area (Å²) in [5.74, 6) is 0.704. The van der Waals surface area contributed by atoms with E-state index in [1.165, 1.54) is 11.3 Å². The van der Waals surface area contributed by atoms with Crippen molar-refractivity contribution in [1.29, 1.82) is 0 Å². The maximum absolute atomic E-state index is 12.2. The predicted molar refractivity (Wildman–Crippen MR) is 89.1 cm³/mol. The van der Waals surface area contributed by atoms with Crippen molar-refractivity contribution in [2.24, 2.45) is 5.92 Å². The average Bonchev–Trinajstić information content (AvgIpc) is 3.01. The van der Waals surface area contributed by atoms with Gasteiger partial charge in [0.25, 0.3) is 5.91 Å². The van der Waals surface area contributed by atoms with E-state index < -0.39 is 0 Å². The molecule has 0 saturated carbocycles. The minimum Gasteiger partial charge on any atom is -0.351 e. The summed E-state index contributed by atoms with van der Waals surface area (Å²) in [4.78, 5) is 28.9. The molecule has 1 aromatic heterocycles. The fourth-order valence-electron chi connectivity index (χ4n) is 2.63. The summed E-state index contributed by atoms with van der Waals surface area (Å²) in [5, 5.41) is 4.68. The molecular formula is C16H25N3O2S. The van der Waals surface area contributed by atoms with Crippen LogP contribution in [0.15, 0.2) is 17.5 Å². The lowest BCUT2D eigenvalue weighted by atomic mass is 10.2. The van der Waals surface area contributed by atoms with E-state index >= 15 is 0 Å². The Morgan fingerprint density at radius 2 is 2.00 bits per heavy atom. The lowest BCUT2D eigenvalue weighted by molar-refractivity contribution is -0.132. The van der Waals surface area contributed by atoms with E-state index in [2.05, 4.69) is 24.1 Å². The molecule has 6 heteroatoms. The second-order valence-corrected chi connectivity index (χ2v) is 7.01. The van der Waals surface area contributed by atoms with Crippen LogP contribution in [-0.2, 0) is 4.79 Å². The fourth-order valence-corrected chi connectivity index (χ4v) is 3.27. The number of nitrogens with one attached hydrogen (secondary N) is 1. The van der Waals surface area contributed by atoms with Crippen LogP contribution in [0, 0.1) is 5.92 Å². The van der Waals surface area contributed by atoms with E-state index in [9.17, 15) is 9.59 Å². The summed E-state index contributed by atoms with van der Waals surface area (Å²) in [7, 11) is 0. The van der Waals surface area contributed by atoms with Gasteiger partial charge in [0.05, 0.1) is 4.88 Å². The van der Waals surface area contributed by atoms with Crippen LogP contribution in [0.5, 0.6) is 0 Å². The maximum atomic E-state index is 12.2. The van der Waals surface area contributed by atoms with Crippen LogP contribution in [-0.4, -0.2) is 60.9 Å². The SMILES string of the molecule is CC(C)CN1CCN(C(=O)CCNC(=O)c2cccs2)CC1. The number of piperazine rings is 1. The van der Waals surface area contributed by atoms with Crippen LogP contribution >= 0.6 is 11.3 Å². The molecule has 2 amide bonds. The van der Waals surface area contributed by atoms with E-state index in [1.807, 2.05) is 16.3 Å². The molecule has 5 nitrogen and oxygen atoms in total. The summed E-state index contributed by atoms with van der Waals surface area (Å²) >= 11 is 1.41. The monoisotopic (exact) mass is 323 g/mol. The molecule has 0 radical (unpaired) electrons. The first-order chi connectivity index (χ1) is 10.6. The molecule has 1 aliphatic rings. The van der Waals surface area contributed by atoms with Gasteiger partial charge in [-0.05, 0) is 17.4 Å². The Balaban J connectivity index is 1.65. The second-order valence-electron chi connectivity index (χ2n) is 6.06. The van der Waals surface area contributed by atoms with E-state index in [-0.39, 0.29) is 11.8 Å². The van der Waals surface area contributed by atoms with Gasteiger partial charge in [0.15, 0.2) is 0 Å². The Hall–Kier alpha value is -1.40. The topological polar surface area (TPSA) is 52.6 Å². The minimum atomic E-state index is -0.0930. The summed E-state index contributed by atoms with van der Waals surface area (Å²) < 4.78 is 0. The minimum absolute atomic E-state index is 0.0930. The van der Waals surface area contributed by atoms with Gasteiger partial charge >= 0.3 is 0 Å². The quantitative estimate of drug-likeness (QED) is 0.866. The Bertz CT molecular complexity index is 480. The molecule has 0 atom stereocenters. The molecular weight excluding hydrogens is 298 g/mol. The highest BCUT2D eigenvalue weighted by Crippen LogP contribution is 2.08. The van der Waals surface area contributed by atoms with Crippen LogP contribution < -0.4 is 5.32 Å². The molecule has 0 unspecified atom stereocenters. The van der Waals surface area contributed by atoms with Crippen molar-refractivity contribution in [3.63, 3.8) is 0 Å². The highest BCUT2D eigenvalue weighted by molar-refractivity contribution is 7.12. The Morgan fingerprint density at radius 3 is 2.59 bits per heavy atom.